The molecular formula is C12H27NO2Si. The first kappa shape index (κ1) is 15.8. The maximum atomic E-state index is 5.64. The summed E-state index contributed by atoms with van der Waals surface area (Å²) in [6.07, 6.45) is 1.57. The molecule has 0 amide bonds. The lowest BCUT2D eigenvalue weighted by atomic mass is 10.7. The van der Waals surface area contributed by atoms with Crippen LogP contribution in [0.4, 0.5) is 0 Å². The van der Waals surface area contributed by atoms with Crippen molar-refractivity contribution in [2.24, 2.45) is 0 Å². The minimum absolute atomic E-state index is 0.760. The summed E-state index contributed by atoms with van der Waals surface area (Å²) < 4.78 is 13.8. The van der Waals surface area contributed by atoms with E-state index in [0.29, 0.717) is 0 Å². The van der Waals surface area contributed by atoms with Gasteiger partial charge in [0.05, 0.1) is 12.5 Å². The van der Waals surface area contributed by atoms with E-state index in [9.17, 15) is 0 Å². The Balaban J connectivity index is 4.69. The van der Waals surface area contributed by atoms with Crippen molar-refractivity contribution >= 4 is 8.24 Å². The van der Waals surface area contributed by atoms with Crippen molar-refractivity contribution in [2.75, 3.05) is 38.8 Å². The number of ether oxygens (including phenoxy) is 2. The Kier molecular flexibility index (Phi) is 8.84. The Labute approximate surface area is 102 Å². The van der Waals surface area contributed by atoms with Gasteiger partial charge in [0.1, 0.15) is 0 Å². The molecule has 0 saturated heterocycles. The van der Waals surface area contributed by atoms with E-state index in [2.05, 4.69) is 30.7 Å². The normalized spacial score (nSPS) is 12.1. The second-order valence-electron chi connectivity index (χ2n) is 3.75. The second-order valence-corrected chi connectivity index (χ2v) is 7.58. The highest BCUT2D eigenvalue weighted by atomic mass is 28.3. The minimum atomic E-state index is -1.79. The number of nitrogens with zero attached hydrogens (tertiary/aromatic N) is 1. The Bertz CT molecular complexity index is 176. The van der Waals surface area contributed by atoms with Gasteiger partial charge < -0.3 is 14.0 Å². The van der Waals surface area contributed by atoms with Crippen molar-refractivity contribution in [3.05, 3.63) is 12.3 Å². The van der Waals surface area contributed by atoms with Crippen LogP contribution in [0.5, 0.6) is 0 Å². The SMILES string of the molecule is C=C[Si](COCC)(COCC)N(CC)CC. The monoisotopic (exact) mass is 245 g/mol. The molecule has 0 spiro atoms. The molecule has 0 aromatic carbocycles. The van der Waals surface area contributed by atoms with Crippen molar-refractivity contribution < 1.29 is 9.47 Å². The lowest BCUT2D eigenvalue weighted by Gasteiger charge is -2.38. The summed E-state index contributed by atoms with van der Waals surface area (Å²) >= 11 is 0. The van der Waals surface area contributed by atoms with Gasteiger partial charge in [-0.25, -0.2) is 0 Å². The van der Waals surface area contributed by atoms with Crippen LogP contribution in [-0.2, 0) is 9.47 Å². The van der Waals surface area contributed by atoms with E-state index in [0.717, 1.165) is 38.8 Å². The molecule has 0 bridgehead atoms. The van der Waals surface area contributed by atoms with Gasteiger partial charge >= 0.3 is 0 Å². The molecule has 0 aromatic heterocycles. The maximum Gasteiger partial charge on any atom is 0.204 e. The van der Waals surface area contributed by atoms with E-state index < -0.39 is 8.24 Å². The Hall–Kier alpha value is -0.163. The largest absolute Gasteiger partial charge is 0.383 e. The van der Waals surface area contributed by atoms with Crippen molar-refractivity contribution in [3.63, 3.8) is 0 Å². The van der Waals surface area contributed by atoms with Crippen LogP contribution < -0.4 is 0 Å². The molecule has 16 heavy (non-hydrogen) atoms. The smallest absolute Gasteiger partial charge is 0.204 e. The molecule has 0 aromatic rings. The fourth-order valence-electron chi connectivity index (χ4n) is 1.88. The number of hydrogen-bond donors (Lipinski definition) is 0. The zero-order chi connectivity index (χ0) is 12.4. The average Bonchev–Trinajstić information content (AvgIpc) is 2.33. The Morgan fingerprint density at radius 2 is 1.44 bits per heavy atom. The van der Waals surface area contributed by atoms with Gasteiger partial charge in [0.25, 0.3) is 0 Å². The topological polar surface area (TPSA) is 21.7 Å². The van der Waals surface area contributed by atoms with Crippen LogP contribution in [0.2, 0.25) is 0 Å². The van der Waals surface area contributed by atoms with Gasteiger partial charge in [-0.15, -0.1) is 6.58 Å². The number of hydrogen-bond acceptors (Lipinski definition) is 3. The van der Waals surface area contributed by atoms with E-state index in [-0.39, 0.29) is 0 Å². The third-order valence-corrected chi connectivity index (χ3v) is 6.95. The van der Waals surface area contributed by atoms with Crippen molar-refractivity contribution in [2.45, 2.75) is 27.7 Å². The molecule has 0 aliphatic carbocycles. The summed E-state index contributed by atoms with van der Waals surface area (Å²) in [5.74, 6) is 0. The molecule has 0 unspecified atom stereocenters. The summed E-state index contributed by atoms with van der Waals surface area (Å²) in [7, 11) is -1.79. The van der Waals surface area contributed by atoms with Crippen LogP contribution >= 0.6 is 0 Å². The van der Waals surface area contributed by atoms with Gasteiger partial charge in [-0.3, -0.25) is 0 Å². The van der Waals surface area contributed by atoms with Gasteiger partial charge in [-0.05, 0) is 26.9 Å². The van der Waals surface area contributed by atoms with Gasteiger partial charge in [0, 0.05) is 13.2 Å². The molecule has 0 radical (unpaired) electrons. The molecule has 0 saturated carbocycles. The van der Waals surface area contributed by atoms with E-state index in [4.69, 9.17) is 9.47 Å². The van der Waals surface area contributed by atoms with Crippen molar-refractivity contribution in [1.82, 2.24) is 4.57 Å². The lowest BCUT2D eigenvalue weighted by Crippen LogP contribution is -2.59. The molecule has 0 aliphatic heterocycles. The maximum absolute atomic E-state index is 5.64. The quantitative estimate of drug-likeness (QED) is 0.551. The highest BCUT2D eigenvalue weighted by Crippen LogP contribution is 2.13. The van der Waals surface area contributed by atoms with E-state index >= 15 is 0 Å². The van der Waals surface area contributed by atoms with Crippen LogP contribution in [-0.4, -0.2) is 51.6 Å². The fraction of sp³-hybridized carbons (Fsp3) is 0.833. The van der Waals surface area contributed by atoms with E-state index in [1.807, 2.05) is 13.8 Å². The molecule has 0 fully saturated rings. The van der Waals surface area contributed by atoms with Crippen LogP contribution in [0, 0.1) is 0 Å². The Morgan fingerprint density at radius 3 is 1.69 bits per heavy atom. The standard InChI is InChI=1S/C12H27NO2Si/c1-6-13(7-2)16(10-5,11-14-8-3)12-15-9-4/h10H,5-9,11-12H2,1-4H3. The van der Waals surface area contributed by atoms with Crippen molar-refractivity contribution in [3.8, 4) is 0 Å². The molecule has 96 valence electrons. The zero-order valence-electron chi connectivity index (χ0n) is 11.3. The van der Waals surface area contributed by atoms with E-state index in [1.54, 1.807) is 0 Å². The van der Waals surface area contributed by atoms with Crippen molar-refractivity contribution in [1.29, 1.82) is 0 Å². The highest BCUT2D eigenvalue weighted by molar-refractivity contribution is 6.81. The molecule has 4 heteroatoms. The molecule has 3 nitrogen and oxygen atoms in total. The third kappa shape index (κ3) is 4.37. The molecule has 0 rings (SSSR count). The average molecular weight is 245 g/mol. The lowest BCUT2D eigenvalue weighted by molar-refractivity contribution is 0.151. The summed E-state index contributed by atoms with van der Waals surface area (Å²) in [6, 6.07) is 0. The predicted octanol–water partition coefficient (Wildman–Crippen LogP) is 2.15. The Morgan fingerprint density at radius 1 is 1.00 bits per heavy atom. The van der Waals surface area contributed by atoms with E-state index in [1.165, 1.54) is 0 Å². The van der Waals surface area contributed by atoms with Crippen LogP contribution in [0.15, 0.2) is 12.3 Å². The van der Waals surface area contributed by atoms with Gasteiger partial charge in [0.2, 0.25) is 8.24 Å². The van der Waals surface area contributed by atoms with Crippen LogP contribution in [0.1, 0.15) is 27.7 Å². The highest BCUT2D eigenvalue weighted by Gasteiger charge is 2.36. The van der Waals surface area contributed by atoms with Gasteiger partial charge in [-0.1, -0.05) is 19.5 Å². The van der Waals surface area contributed by atoms with Crippen LogP contribution in [0.3, 0.4) is 0 Å². The first-order valence-corrected chi connectivity index (χ1v) is 8.68. The van der Waals surface area contributed by atoms with Gasteiger partial charge in [-0.2, -0.15) is 0 Å². The summed E-state index contributed by atoms with van der Waals surface area (Å²) in [5, 5.41) is 0. The minimum Gasteiger partial charge on any atom is -0.383 e. The molecule has 0 aliphatic rings. The summed E-state index contributed by atoms with van der Waals surface area (Å²) in [5.41, 5.74) is 2.10. The molecule has 0 atom stereocenters. The number of rotatable bonds is 10. The van der Waals surface area contributed by atoms with Gasteiger partial charge in [0.15, 0.2) is 0 Å². The summed E-state index contributed by atoms with van der Waals surface area (Å²) in [4.78, 5) is 0. The predicted molar refractivity (Wildman–Crippen MR) is 71.9 cm³/mol. The third-order valence-electron chi connectivity index (χ3n) is 2.89. The second kappa shape index (κ2) is 8.93. The fourth-order valence-corrected chi connectivity index (χ4v) is 5.20. The molecule has 0 N–H and O–H groups in total. The first-order chi connectivity index (χ1) is 7.70. The molecular weight excluding hydrogens is 218 g/mol. The summed E-state index contributed by atoms with van der Waals surface area (Å²) in [6.45, 7) is 16.0. The molecule has 0 heterocycles. The first-order valence-electron chi connectivity index (χ1n) is 6.24. The zero-order valence-corrected chi connectivity index (χ0v) is 12.3. The van der Waals surface area contributed by atoms with Crippen LogP contribution in [0.25, 0.3) is 0 Å².